The minimum atomic E-state index is -3.65. The summed E-state index contributed by atoms with van der Waals surface area (Å²) in [6, 6.07) is -0.142. The van der Waals surface area contributed by atoms with Gasteiger partial charge in [0.2, 0.25) is 5.91 Å². The first-order valence-electron chi connectivity index (χ1n) is 7.09. The predicted molar refractivity (Wildman–Crippen MR) is 82.2 cm³/mol. The molecule has 1 aliphatic heterocycles. The predicted octanol–water partition coefficient (Wildman–Crippen LogP) is 1.19. The van der Waals surface area contributed by atoms with Crippen LogP contribution < -0.4 is 10.0 Å². The highest BCUT2D eigenvalue weighted by atomic mass is 32.2. The third-order valence-corrected chi connectivity index (χ3v) is 7.23. The third-order valence-electron chi connectivity index (χ3n) is 4.41. The smallest absolute Gasteiger partial charge is 0.252 e. The molecule has 1 aromatic heterocycles. The molecule has 0 aromatic carbocycles. The van der Waals surface area contributed by atoms with Crippen molar-refractivity contribution in [2.24, 2.45) is 11.3 Å². The van der Waals surface area contributed by atoms with Crippen molar-refractivity contribution in [1.29, 1.82) is 0 Å². The van der Waals surface area contributed by atoms with Crippen molar-refractivity contribution in [2.75, 3.05) is 11.9 Å². The fraction of sp³-hybridized carbons (Fsp3) is 0.692. The molecular weight excluding hydrogens is 326 g/mol. The minimum Gasteiger partial charge on any atom is -0.377 e. The van der Waals surface area contributed by atoms with Crippen LogP contribution in [-0.4, -0.2) is 38.1 Å². The molecule has 0 radical (unpaired) electrons. The van der Waals surface area contributed by atoms with Gasteiger partial charge in [0.15, 0.2) is 9.34 Å². The largest absolute Gasteiger partial charge is 0.377 e. The zero-order valence-electron chi connectivity index (χ0n) is 12.6. The van der Waals surface area contributed by atoms with Gasteiger partial charge in [0.25, 0.3) is 10.0 Å². The molecule has 3 unspecified atom stereocenters. The van der Waals surface area contributed by atoms with E-state index < -0.39 is 10.0 Å². The molecule has 2 aliphatic rings. The van der Waals surface area contributed by atoms with E-state index in [0.717, 1.165) is 17.8 Å². The highest BCUT2D eigenvalue weighted by Crippen LogP contribution is 2.52. The number of anilines is 1. The summed E-state index contributed by atoms with van der Waals surface area (Å²) >= 11 is 0.945. The molecule has 122 valence electrons. The molecule has 1 saturated carbocycles. The van der Waals surface area contributed by atoms with E-state index in [1.54, 1.807) is 0 Å². The third kappa shape index (κ3) is 2.55. The Kier molecular flexibility index (Phi) is 3.79. The first kappa shape index (κ1) is 15.9. The Balaban J connectivity index is 1.76. The van der Waals surface area contributed by atoms with Gasteiger partial charge in [-0.1, -0.05) is 25.2 Å². The summed E-state index contributed by atoms with van der Waals surface area (Å²) in [6.45, 7) is 6.07. The number of carbonyl (C=O) groups is 1. The molecule has 3 atom stereocenters. The van der Waals surface area contributed by atoms with E-state index in [4.69, 9.17) is 4.74 Å². The average molecular weight is 345 g/mol. The van der Waals surface area contributed by atoms with Crippen molar-refractivity contribution in [2.45, 2.75) is 43.5 Å². The van der Waals surface area contributed by atoms with E-state index in [-0.39, 0.29) is 38.7 Å². The molecule has 22 heavy (non-hydrogen) atoms. The summed E-state index contributed by atoms with van der Waals surface area (Å²) in [5.41, 5.74) is -0.223. The number of nitrogens with zero attached hydrogens (tertiary/aromatic N) is 1. The second kappa shape index (κ2) is 5.26. The zero-order valence-corrected chi connectivity index (χ0v) is 14.3. The molecular formula is C13H19N3O4S2. The van der Waals surface area contributed by atoms with E-state index in [1.807, 2.05) is 13.8 Å². The molecule has 1 aliphatic carbocycles. The van der Waals surface area contributed by atoms with E-state index in [2.05, 4.69) is 15.0 Å². The quantitative estimate of drug-likeness (QED) is 0.854. The SMILES string of the molecule is CC(=O)Nc1ncc(S(=O)(=O)NC2C3CCOC3C2(C)C)s1. The second-order valence-corrected chi connectivity index (χ2v) is 9.30. The van der Waals surface area contributed by atoms with Gasteiger partial charge in [-0.05, 0) is 6.42 Å². The van der Waals surface area contributed by atoms with Crippen molar-refractivity contribution in [3.63, 3.8) is 0 Å². The van der Waals surface area contributed by atoms with Crippen molar-refractivity contribution in [1.82, 2.24) is 9.71 Å². The van der Waals surface area contributed by atoms with Crippen LogP contribution in [0.2, 0.25) is 0 Å². The minimum absolute atomic E-state index is 0.106. The lowest BCUT2D eigenvalue weighted by molar-refractivity contribution is -0.114. The van der Waals surface area contributed by atoms with Crippen molar-refractivity contribution in [3.8, 4) is 0 Å². The lowest BCUT2D eigenvalue weighted by Gasteiger charge is -2.54. The molecule has 0 spiro atoms. The van der Waals surface area contributed by atoms with Crippen LogP contribution in [0, 0.1) is 11.3 Å². The summed E-state index contributed by atoms with van der Waals surface area (Å²) in [6.07, 6.45) is 2.27. The van der Waals surface area contributed by atoms with Gasteiger partial charge in [-0.2, -0.15) is 0 Å². The highest BCUT2D eigenvalue weighted by molar-refractivity contribution is 7.91. The van der Waals surface area contributed by atoms with Gasteiger partial charge >= 0.3 is 0 Å². The van der Waals surface area contributed by atoms with Gasteiger partial charge in [0.05, 0.1) is 12.3 Å². The molecule has 1 saturated heterocycles. The maximum absolute atomic E-state index is 12.5. The van der Waals surface area contributed by atoms with Crippen LogP contribution in [0.3, 0.4) is 0 Å². The first-order chi connectivity index (χ1) is 10.2. The molecule has 1 aromatic rings. The molecule has 1 amide bonds. The van der Waals surface area contributed by atoms with Gasteiger partial charge in [0, 0.05) is 30.9 Å². The first-order valence-corrected chi connectivity index (χ1v) is 9.39. The van der Waals surface area contributed by atoms with E-state index in [1.165, 1.54) is 13.1 Å². The number of amides is 1. The molecule has 7 nitrogen and oxygen atoms in total. The summed E-state index contributed by atoms with van der Waals surface area (Å²) in [7, 11) is -3.65. The number of sulfonamides is 1. The summed E-state index contributed by atoms with van der Waals surface area (Å²) in [5, 5.41) is 2.77. The van der Waals surface area contributed by atoms with Crippen molar-refractivity contribution < 1.29 is 17.9 Å². The van der Waals surface area contributed by atoms with Crippen molar-refractivity contribution in [3.05, 3.63) is 6.20 Å². The molecule has 0 bridgehead atoms. The number of thiazole rings is 1. The Morgan fingerprint density at radius 2 is 2.23 bits per heavy atom. The Hall–Kier alpha value is -1.03. The van der Waals surface area contributed by atoms with E-state index in [0.29, 0.717) is 6.61 Å². The molecule has 2 heterocycles. The molecule has 2 fully saturated rings. The Morgan fingerprint density at radius 3 is 2.91 bits per heavy atom. The molecule has 3 rings (SSSR count). The van der Waals surface area contributed by atoms with Crippen molar-refractivity contribution >= 4 is 32.4 Å². The van der Waals surface area contributed by atoms with Gasteiger partial charge in [-0.15, -0.1) is 0 Å². The standard InChI is InChI=1S/C13H19N3O4S2/c1-7(17)15-12-14-6-9(21-12)22(18,19)16-10-8-4-5-20-11(8)13(10,2)3/h6,8,10-11,16H,4-5H2,1-3H3,(H,14,15,17). The number of hydrogen-bond acceptors (Lipinski definition) is 6. The molecule has 9 heteroatoms. The topological polar surface area (TPSA) is 97.4 Å². The maximum Gasteiger partial charge on any atom is 0.252 e. The van der Waals surface area contributed by atoms with E-state index in [9.17, 15) is 13.2 Å². The number of fused-ring (bicyclic) bond motifs is 1. The Labute approximate surface area is 133 Å². The van der Waals surface area contributed by atoms with Crippen LogP contribution in [0.5, 0.6) is 0 Å². The monoisotopic (exact) mass is 345 g/mol. The van der Waals surface area contributed by atoms with E-state index >= 15 is 0 Å². The number of aromatic nitrogens is 1. The normalized spacial score (nSPS) is 29.7. The number of carbonyl (C=O) groups excluding carboxylic acids is 1. The van der Waals surface area contributed by atoms with Crippen LogP contribution >= 0.6 is 11.3 Å². The number of rotatable bonds is 4. The van der Waals surface area contributed by atoms with Gasteiger partial charge in [0.1, 0.15) is 0 Å². The van der Waals surface area contributed by atoms with Crippen LogP contribution in [-0.2, 0) is 19.6 Å². The van der Waals surface area contributed by atoms with Crippen LogP contribution in [0.4, 0.5) is 5.13 Å². The highest BCUT2D eigenvalue weighted by Gasteiger charge is 2.60. The lowest BCUT2D eigenvalue weighted by atomic mass is 9.58. The average Bonchev–Trinajstić information content (AvgIpc) is 3.03. The second-order valence-electron chi connectivity index (χ2n) is 6.33. The zero-order chi connectivity index (χ0) is 16.1. The number of hydrogen-bond donors (Lipinski definition) is 2. The van der Waals surface area contributed by atoms with Gasteiger partial charge in [-0.25, -0.2) is 18.1 Å². The lowest BCUT2D eigenvalue weighted by Crippen LogP contribution is -2.66. The summed E-state index contributed by atoms with van der Waals surface area (Å²) < 4.78 is 33.6. The van der Waals surface area contributed by atoms with Crippen LogP contribution in [0.1, 0.15) is 27.2 Å². The molecule has 2 N–H and O–H groups in total. The van der Waals surface area contributed by atoms with Gasteiger partial charge in [-0.3, -0.25) is 4.79 Å². The van der Waals surface area contributed by atoms with Gasteiger partial charge < -0.3 is 10.1 Å². The number of ether oxygens (including phenoxy) is 1. The summed E-state index contributed by atoms with van der Waals surface area (Å²) in [4.78, 5) is 14.9. The summed E-state index contributed by atoms with van der Waals surface area (Å²) in [5.74, 6) is -0.0511. The fourth-order valence-corrected chi connectivity index (χ4v) is 5.92. The maximum atomic E-state index is 12.5. The van der Waals surface area contributed by atoms with Crippen LogP contribution in [0.25, 0.3) is 0 Å². The number of nitrogens with one attached hydrogen (secondary N) is 2. The fourth-order valence-electron chi connectivity index (χ4n) is 3.38. The van der Waals surface area contributed by atoms with Crippen LogP contribution in [0.15, 0.2) is 10.4 Å². The Bertz CT molecular complexity index is 698. The Morgan fingerprint density at radius 1 is 1.50 bits per heavy atom.